The molecule has 0 unspecified atom stereocenters. The van der Waals surface area contributed by atoms with Gasteiger partial charge in [-0.1, -0.05) is 6.92 Å². The predicted octanol–water partition coefficient (Wildman–Crippen LogP) is -2.71. The van der Waals surface area contributed by atoms with E-state index in [0.717, 1.165) is 6.42 Å². The molecule has 50 valence electrons. The van der Waals surface area contributed by atoms with E-state index in [-0.39, 0.29) is 29.6 Å². The van der Waals surface area contributed by atoms with E-state index in [1.54, 1.807) is 0 Å². The van der Waals surface area contributed by atoms with Gasteiger partial charge in [0, 0.05) is 6.54 Å². The van der Waals surface area contributed by atoms with E-state index in [0.29, 0.717) is 6.54 Å². The van der Waals surface area contributed by atoms with E-state index in [4.69, 9.17) is 5.14 Å². The summed E-state index contributed by atoms with van der Waals surface area (Å²) < 4.78 is 21.9. The molecule has 0 rings (SSSR count). The Morgan fingerprint density at radius 2 is 2.00 bits per heavy atom. The van der Waals surface area contributed by atoms with E-state index in [2.05, 4.69) is 0 Å². The molecular formula is C3H9N2NaO2S. The van der Waals surface area contributed by atoms with Crippen LogP contribution >= 0.6 is 0 Å². The van der Waals surface area contributed by atoms with Crippen LogP contribution in [0.15, 0.2) is 0 Å². The van der Waals surface area contributed by atoms with Gasteiger partial charge in [0.25, 0.3) is 0 Å². The van der Waals surface area contributed by atoms with Crippen molar-refractivity contribution in [2.45, 2.75) is 13.3 Å². The molecule has 0 saturated heterocycles. The van der Waals surface area contributed by atoms with Crippen molar-refractivity contribution >= 4 is 10.2 Å². The predicted molar refractivity (Wildman–Crippen MR) is 31.5 cm³/mol. The second-order valence-electron chi connectivity index (χ2n) is 1.40. The summed E-state index contributed by atoms with van der Waals surface area (Å²) in [6, 6.07) is 0. The Balaban J connectivity index is 0. The average Bonchev–Trinajstić information content (AvgIpc) is 1.59. The molecule has 4 nitrogen and oxygen atoms in total. The first kappa shape index (κ1) is 12.5. The molecule has 0 aliphatic heterocycles. The van der Waals surface area contributed by atoms with Crippen molar-refractivity contribution in [3.05, 3.63) is 5.14 Å². The average molecular weight is 160 g/mol. The van der Waals surface area contributed by atoms with Crippen LogP contribution in [0.25, 0.3) is 5.14 Å². The van der Waals surface area contributed by atoms with Crippen LogP contribution < -0.4 is 34.3 Å². The molecule has 0 spiro atoms. The maximum absolute atomic E-state index is 9.95. The van der Waals surface area contributed by atoms with Crippen molar-refractivity contribution in [3.8, 4) is 0 Å². The van der Waals surface area contributed by atoms with Crippen LogP contribution in [-0.4, -0.2) is 15.0 Å². The standard InChI is InChI=1S/C3H9N2O2S.Na/c1-2-3-5-8(4,6)7;/h5H,2-3H2,1H3,(H-,4,6,7);/q-1;+1. The Labute approximate surface area is 77.7 Å². The van der Waals surface area contributed by atoms with Crippen LogP contribution in [0.2, 0.25) is 0 Å². The Morgan fingerprint density at radius 3 is 2.11 bits per heavy atom. The molecular weight excluding hydrogens is 151 g/mol. The minimum absolute atomic E-state index is 0. The van der Waals surface area contributed by atoms with Gasteiger partial charge in [0.1, 0.15) is 10.2 Å². The summed E-state index contributed by atoms with van der Waals surface area (Å²) in [5.41, 5.74) is 0. The van der Waals surface area contributed by atoms with Crippen LogP contribution in [0.1, 0.15) is 13.3 Å². The second-order valence-corrected chi connectivity index (χ2v) is 2.69. The van der Waals surface area contributed by atoms with Gasteiger partial charge in [-0.3, -0.25) is 0 Å². The summed E-state index contributed by atoms with van der Waals surface area (Å²) in [6.45, 7) is 2.18. The number of nitrogens with one attached hydrogen (secondary N) is 2. The van der Waals surface area contributed by atoms with Gasteiger partial charge >= 0.3 is 29.6 Å². The molecule has 9 heavy (non-hydrogen) atoms. The summed E-state index contributed by atoms with van der Waals surface area (Å²) >= 11 is 0. The summed E-state index contributed by atoms with van der Waals surface area (Å²) in [5, 5.41) is 6.30. The Hall–Kier alpha value is 0.870. The molecule has 0 aromatic carbocycles. The Bertz CT molecular complexity index is 144. The quantitative estimate of drug-likeness (QED) is 0.456. The van der Waals surface area contributed by atoms with Gasteiger partial charge in [-0.15, -0.1) is 0 Å². The first-order valence-corrected chi connectivity index (χ1v) is 3.79. The van der Waals surface area contributed by atoms with Crippen LogP contribution in [0.4, 0.5) is 0 Å². The van der Waals surface area contributed by atoms with E-state index in [9.17, 15) is 8.42 Å². The second kappa shape index (κ2) is 5.64. The van der Waals surface area contributed by atoms with Gasteiger partial charge in [0.05, 0.1) is 0 Å². The minimum Gasteiger partial charge on any atom is -0.550 e. The van der Waals surface area contributed by atoms with Crippen molar-refractivity contribution in [1.82, 2.24) is 4.72 Å². The summed E-state index contributed by atoms with van der Waals surface area (Å²) in [4.78, 5) is 0. The molecule has 0 aliphatic carbocycles. The Morgan fingerprint density at radius 1 is 1.56 bits per heavy atom. The van der Waals surface area contributed by atoms with Crippen LogP contribution in [0.3, 0.4) is 0 Å². The third kappa shape index (κ3) is 12.1. The van der Waals surface area contributed by atoms with Gasteiger partial charge < -0.3 is 5.14 Å². The van der Waals surface area contributed by atoms with Gasteiger partial charge in [0.2, 0.25) is 0 Å². The molecule has 0 amide bonds. The minimum atomic E-state index is -3.69. The fourth-order valence-corrected chi connectivity index (χ4v) is 0.709. The third-order valence-electron chi connectivity index (χ3n) is 0.542. The summed E-state index contributed by atoms with van der Waals surface area (Å²) in [5.74, 6) is 0. The molecule has 6 heteroatoms. The molecule has 2 N–H and O–H groups in total. The zero-order valence-electron chi connectivity index (χ0n) is 5.64. The van der Waals surface area contributed by atoms with Crippen LogP contribution in [-0.2, 0) is 10.2 Å². The third-order valence-corrected chi connectivity index (χ3v) is 1.13. The van der Waals surface area contributed by atoms with E-state index in [1.807, 2.05) is 11.6 Å². The summed E-state index contributed by atoms with van der Waals surface area (Å²) in [7, 11) is -3.69. The molecule has 0 heterocycles. The van der Waals surface area contributed by atoms with E-state index >= 15 is 0 Å². The van der Waals surface area contributed by atoms with Crippen molar-refractivity contribution in [1.29, 1.82) is 0 Å². The fraction of sp³-hybridized carbons (Fsp3) is 1.00. The van der Waals surface area contributed by atoms with Crippen LogP contribution in [0.5, 0.6) is 0 Å². The first-order valence-electron chi connectivity index (χ1n) is 2.30. The summed E-state index contributed by atoms with van der Waals surface area (Å²) in [6.07, 6.45) is 0.720. The monoisotopic (exact) mass is 160 g/mol. The molecule has 0 fully saturated rings. The zero-order chi connectivity index (χ0) is 6.62. The number of hydrogen-bond donors (Lipinski definition) is 1. The van der Waals surface area contributed by atoms with Gasteiger partial charge in [-0.25, -0.2) is 13.1 Å². The van der Waals surface area contributed by atoms with E-state index < -0.39 is 10.2 Å². The van der Waals surface area contributed by atoms with Gasteiger partial charge in [-0.2, -0.15) is 0 Å². The van der Waals surface area contributed by atoms with Crippen molar-refractivity contribution in [2.24, 2.45) is 0 Å². The van der Waals surface area contributed by atoms with E-state index in [1.165, 1.54) is 0 Å². The zero-order valence-corrected chi connectivity index (χ0v) is 8.46. The molecule has 0 radical (unpaired) electrons. The van der Waals surface area contributed by atoms with Gasteiger partial charge in [0.15, 0.2) is 0 Å². The normalized spacial score (nSPS) is 10.4. The molecule has 0 aromatic rings. The van der Waals surface area contributed by atoms with Crippen LogP contribution in [0, 0.1) is 0 Å². The molecule has 0 atom stereocenters. The van der Waals surface area contributed by atoms with Crippen molar-refractivity contribution < 1.29 is 38.0 Å². The largest absolute Gasteiger partial charge is 1.00 e. The maximum atomic E-state index is 9.95. The molecule has 0 aromatic heterocycles. The maximum Gasteiger partial charge on any atom is 1.00 e. The number of hydrogen-bond acceptors (Lipinski definition) is 2. The van der Waals surface area contributed by atoms with Gasteiger partial charge in [-0.05, 0) is 6.42 Å². The van der Waals surface area contributed by atoms with Crippen molar-refractivity contribution in [2.75, 3.05) is 6.54 Å². The SMILES string of the molecule is CCCNS([NH-])(=O)=O.[Na+]. The molecule has 0 aliphatic rings. The first-order chi connectivity index (χ1) is 3.56. The molecule has 0 bridgehead atoms. The smallest absolute Gasteiger partial charge is 0.550 e. The number of rotatable bonds is 3. The Kier molecular flexibility index (Phi) is 7.86. The fourth-order valence-electron chi connectivity index (χ4n) is 0.236. The van der Waals surface area contributed by atoms with Crippen molar-refractivity contribution in [3.63, 3.8) is 0 Å². The topological polar surface area (TPSA) is 70.0 Å². The molecule has 0 saturated carbocycles.